The van der Waals surface area contributed by atoms with Gasteiger partial charge in [0.25, 0.3) is 5.91 Å². The van der Waals surface area contributed by atoms with Crippen molar-refractivity contribution < 1.29 is 17.9 Å². The zero-order valence-electron chi connectivity index (χ0n) is 23.4. The molecule has 1 amide bonds. The van der Waals surface area contributed by atoms with Crippen LogP contribution < -0.4 is 30.7 Å². The van der Waals surface area contributed by atoms with Crippen molar-refractivity contribution in [2.75, 3.05) is 28.4 Å². The lowest BCUT2D eigenvalue weighted by atomic mass is 9.86. The predicted molar refractivity (Wildman–Crippen MR) is 160 cm³/mol. The summed E-state index contributed by atoms with van der Waals surface area (Å²) in [5.41, 5.74) is 11.9. The Morgan fingerprint density at radius 2 is 1.85 bits per heavy atom. The first-order valence-corrected chi connectivity index (χ1v) is 14.4. The molecule has 2 aromatic carbocycles. The lowest BCUT2D eigenvalue weighted by Gasteiger charge is -2.24. The third-order valence-corrected chi connectivity index (χ3v) is 6.90. The highest BCUT2D eigenvalue weighted by molar-refractivity contribution is 7.92. The van der Waals surface area contributed by atoms with E-state index in [2.05, 4.69) is 32.6 Å². The topological polar surface area (TPSA) is 125 Å². The highest BCUT2D eigenvalue weighted by atomic mass is 32.2. The number of sulfonamides is 1. The standard InChI is InChI=1S/C29H34N6O4S/c1-8-22-12-11-20(16-30-22)25-17-35(34-32-25)26-13-19(10-9-18(26)2)28(36)31-23-14-21(29(3,4)5)15-24(27(23)39-6)33-40(7,37)38/h8-17,32-34H,1H2,2-7H3,(H,31,36). The number of aromatic nitrogens is 1. The van der Waals surface area contributed by atoms with Crippen LogP contribution in [0.1, 0.15) is 53.5 Å². The Labute approximate surface area is 235 Å². The van der Waals surface area contributed by atoms with E-state index in [1.165, 1.54) is 7.11 Å². The maximum atomic E-state index is 13.5. The molecule has 4 rings (SSSR count). The second-order valence-electron chi connectivity index (χ2n) is 10.5. The number of hydrazine groups is 2. The number of hydrogen-bond donors (Lipinski definition) is 4. The zero-order chi connectivity index (χ0) is 29.2. The fourth-order valence-corrected chi connectivity index (χ4v) is 4.68. The van der Waals surface area contributed by atoms with Crippen LogP contribution in [0.15, 0.2) is 61.4 Å². The Morgan fingerprint density at radius 1 is 1.12 bits per heavy atom. The van der Waals surface area contributed by atoms with E-state index in [1.807, 2.05) is 52.1 Å². The van der Waals surface area contributed by atoms with Gasteiger partial charge in [0, 0.05) is 23.5 Å². The summed E-state index contributed by atoms with van der Waals surface area (Å²) in [5.74, 6) is -0.162. The average Bonchev–Trinajstić information content (AvgIpc) is 3.37. The monoisotopic (exact) mass is 562 g/mol. The molecule has 1 aliphatic heterocycles. The van der Waals surface area contributed by atoms with Crippen molar-refractivity contribution in [3.05, 3.63) is 89.4 Å². The molecular weight excluding hydrogens is 528 g/mol. The van der Waals surface area contributed by atoms with Crippen molar-refractivity contribution in [1.29, 1.82) is 0 Å². The van der Waals surface area contributed by atoms with E-state index in [1.54, 1.807) is 41.5 Å². The molecule has 0 saturated heterocycles. The first-order chi connectivity index (χ1) is 18.8. The van der Waals surface area contributed by atoms with Gasteiger partial charge in [0.05, 0.1) is 41.8 Å². The van der Waals surface area contributed by atoms with Gasteiger partial charge in [0.15, 0.2) is 5.75 Å². The summed E-state index contributed by atoms with van der Waals surface area (Å²) < 4.78 is 32.1. The van der Waals surface area contributed by atoms with Gasteiger partial charge in [-0.25, -0.2) is 8.42 Å². The van der Waals surface area contributed by atoms with Crippen LogP contribution in [-0.4, -0.2) is 32.7 Å². The van der Waals surface area contributed by atoms with E-state index in [-0.39, 0.29) is 22.8 Å². The number of carbonyl (C=O) groups excluding carboxylic acids is 1. The largest absolute Gasteiger partial charge is 0.492 e. The number of amides is 1. The number of ether oxygens (including phenoxy) is 1. The van der Waals surface area contributed by atoms with Crippen LogP contribution >= 0.6 is 0 Å². The van der Waals surface area contributed by atoms with Crippen molar-refractivity contribution in [1.82, 2.24) is 15.9 Å². The summed E-state index contributed by atoms with van der Waals surface area (Å²) in [6.07, 6.45) is 6.39. The Morgan fingerprint density at radius 3 is 2.45 bits per heavy atom. The Hall–Kier alpha value is -4.35. The van der Waals surface area contributed by atoms with Gasteiger partial charge in [-0.1, -0.05) is 33.4 Å². The molecule has 0 saturated carbocycles. The Balaban J connectivity index is 1.65. The molecule has 0 fully saturated rings. The van der Waals surface area contributed by atoms with Crippen LogP contribution in [-0.2, 0) is 15.4 Å². The van der Waals surface area contributed by atoms with Crippen molar-refractivity contribution in [2.24, 2.45) is 0 Å². The van der Waals surface area contributed by atoms with E-state index < -0.39 is 10.0 Å². The SMILES string of the molecule is C=Cc1ccc(C2=CN(c3cc(C(=O)Nc4cc(C(C)(C)C)cc(NS(C)(=O)=O)c4OC)ccc3C)NN2)cn1. The number of rotatable bonds is 8. The summed E-state index contributed by atoms with van der Waals surface area (Å²) in [6.45, 7) is 11.7. The minimum Gasteiger partial charge on any atom is -0.492 e. The van der Waals surface area contributed by atoms with Crippen molar-refractivity contribution in [2.45, 2.75) is 33.1 Å². The van der Waals surface area contributed by atoms with Crippen LogP contribution in [0.5, 0.6) is 5.75 Å². The van der Waals surface area contributed by atoms with Gasteiger partial charge < -0.3 is 15.5 Å². The number of nitrogens with one attached hydrogen (secondary N) is 4. The van der Waals surface area contributed by atoms with E-state index in [9.17, 15) is 13.2 Å². The molecular formula is C29H34N6O4S. The minimum absolute atomic E-state index is 0.216. The van der Waals surface area contributed by atoms with Gasteiger partial charge in [0.2, 0.25) is 10.0 Å². The third kappa shape index (κ3) is 6.44. The Bertz CT molecular complexity index is 1590. The van der Waals surface area contributed by atoms with E-state index in [0.29, 0.717) is 11.3 Å². The van der Waals surface area contributed by atoms with Gasteiger partial charge in [-0.3, -0.25) is 19.5 Å². The van der Waals surface area contributed by atoms with Gasteiger partial charge >= 0.3 is 0 Å². The summed E-state index contributed by atoms with van der Waals surface area (Å²) in [5, 5.41) is 4.70. The molecule has 0 aliphatic carbocycles. The molecule has 2 heterocycles. The first-order valence-electron chi connectivity index (χ1n) is 12.5. The van der Waals surface area contributed by atoms with Gasteiger partial charge in [-0.2, -0.15) is 0 Å². The maximum absolute atomic E-state index is 13.5. The average molecular weight is 563 g/mol. The molecule has 10 nitrogen and oxygen atoms in total. The fraction of sp³-hybridized carbons (Fsp3) is 0.241. The van der Waals surface area contributed by atoms with Crippen molar-refractivity contribution >= 4 is 44.8 Å². The molecule has 0 unspecified atom stereocenters. The Kier molecular flexibility index (Phi) is 7.90. The number of aryl methyl sites for hydroxylation is 1. The van der Waals surface area contributed by atoms with Gasteiger partial charge in [-0.15, -0.1) is 5.53 Å². The minimum atomic E-state index is -3.59. The predicted octanol–water partition coefficient (Wildman–Crippen LogP) is 4.79. The van der Waals surface area contributed by atoms with Crippen molar-refractivity contribution in [3.63, 3.8) is 0 Å². The molecule has 1 aliphatic rings. The van der Waals surface area contributed by atoms with Crippen LogP contribution in [0, 0.1) is 6.92 Å². The number of methoxy groups -OCH3 is 1. The molecule has 0 bridgehead atoms. The third-order valence-electron chi connectivity index (χ3n) is 6.31. The summed E-state index contributed by atoms with van der Waals surface area (Å²) >= 11 is 0. The second-order valence-corrected chi connectivity index (χ2v) is 12.3. The lowest BCUT2D eigenvalue weighted by Crippen LogP contribution is -2.36. The van der Waals surface area contributed by atoms with Gasteiger partial charge in [-0.05, 0) is 65.9 Å². The maximum Gasteiger partial charge on any atom is 0.255 e. The molecule has 11 heteroatoms. The highest BCUT2D eigenvalue weighted by Gasteiger charge is 2.23. The molecule has 210 valence electrons. The number of pyridine rings is 1. The van der Waals surface area contributed by atoms with Crippen LogP contribution in [0.4, 0.5) is 17.1 Å². The van der Waals surface area contributed by atoms with E-state index in [0.717, 1.165) is 40.0 Å². The first kappa shape index (κ1) is 28.7. The molecule has 0 radical (unpaired) electrons. The van der Waals surface area contributed by atoms with E-state index >= 15 is 0 Å². The van der Waals surface area contributed by atoms with Gasteiger partial charge in [0.1, 0.15) is 0 Å². The molecule has 1 aromatic heterocycles. The summed E-state index contributed by atoms with van der Waals surface area (Å²) in [4.78, 5) is 17.8. The normalized spacial score (nSPS) is 13.3. The van der Waals surface area contributed by atoms with Crippen LogP contribution in [0.25, 0.3) is 11.8 Å². The molecule has 4 N–H and O–H groups in total. The number of carbonyl (C=O) groups is 1. The molecule has 0 atom stereocenters. The number of anilines is 3. The summed E-state index contributed by atoms with van der Waals surface area (Å²) in [7, 11) is -2.17. The number of hydrogen-bond acceptors (Lipinski definition) is 8. The highest BCUT2D eigenvalue weighted by Crippen LogP contribution is 2.39. The number of nitrogens with zero attached hydrogens (tertiary/aromatic N) is 2. The molecule has 3 aromatic rings. The zero-order valence-corrected chi connectivity index (χ0v) is 24.2. The molecule has 0 spiro atoms. The van der Waals surface area contributed by atoms with Crippen LogP contribution in [0.2, 0.25) is 0 Å². The van der Waals surface area contributed by atoms with Crippen LogP contribution in [0.3, 0.4) is 0 Å². The van der Waals surface area contributed by atoms with E-state index in [4.69, 9.17) is 4.74 Å². The smallest absolute Gasteiger partial charge is 0.255 e. The lowest BCUT2D eigenvalue weighted by molar-refractivity contribution is 0.102. The second kappa shape index (κ2) is 11.0. The van der Waals surface area contributed by atoms with Crippen molar-refractivity contribution in [3.8, 4) is 5.75 Å². The fourth-order valence-electron chi connectivity index (χ4n) is 4.13. The molecule has 40 heavy (non-hydrogen) atoms. The summed E-state index contributed by atoms with van der Waals surface area (Å²) in [6, 6.07) is 12.7. The number of benzene rings is 2. The quantitative estimate of drug-likeness (QED) is 0.309.